The van der Waals surface area contributed by atoms with Gasteiger partial charge in [-0.3, -0.25) is 0 Å². The Labute approximate surface area is 115 Å². The topological polar surface area (TPSA) is 21.3 Å². The summed E-state index contributed by atoms with van der Waals surface area (Å²) < 4.78 is 42.3. The molecule has 0 heterocycles. The van der Waals surface area contributed by atoms with E-state index in [1.165, 1.54) is 12.1 Å². The predicted molar refractivity (Wildman–Crippen MR) is 71.8 cm³/mol. The fraction of sp³-hybridized carbons (Fsp3) is 0.200. The average Bonchev–Trinajstić information content (AvgIpc) is 2.45. The molecule has 2 rings (SSSR count). The lowest BCUT2D eigenvalue weighted by Crippen LogP contribution is -2.05. The molecule has 0 saturated heterocycles. The minimum atomic E-state index is -4.29. The van der Waals surface area contributed by atoms with Gasteiger partial charge in [0.05, 0.1) is 12.7 Å². The van der Waals surface area contributed by atoms with Crippen LogP contribution in [0.15, 0.2) is 48.5 Å². The summed E-state index contributed by atoms with van der Waals surface area (Å²) >= 11 is 0. The zero-order chi connectivity index (χ0) is 14.6. The minimum Gasteiger partial charge on any atom is -0.497 e. The van der Waals surface area contributed by atoms with Gasteiger partial charge in [-0.1, -0.05) is 12.1 Å². The third-order valence-corrected chi connectivity index (χ3v) is 2.87. The van der Waals surface area contributed by atoms with Crippen molar-refractivity contribution in [3.8, 4) is 5.75 Å². The summed E-state index contributed by atoms with van der Waals surface area (Å²) in [6.45, 7) is 0.463. The molecule has 2 aromatic rings. The summed E-state index contributed by atoms with van der Waals surface area (Å²) in [5.41, 5.74) is 1.03. The number of rotatable bonds is 4. The number of benzene rings is 2. The molecule has 0 aliphatic carbocycles. The first-order valence-electron chi connectivity index (χ1n) is 6.03. The number of methoxy groups -OCH3 is 1. The van der Waals surface area contributed by atoms with E-state index in [0.29, 0.717) is 6.54 Å². The van der Waals surface area contributed by atoms with Gasteiger partial charge in [0.2, 0.25) is 0 Å². The molecule has 0 fully saturated rings. The molecule has 106 valence electrons. The fourth-order valence-electron chi connectivity index (χ4n) is 1.72. The van der Waals surface area contributed by atoms with Crippen LogP contribution in [-0.2, 0) is 12.7 Å². The molecule has 0 atom stereocenters. The van der Waals surface area contributed by atoms with E-state index in [0.717, 1.165) is 29.1 Å². The van der Waals surface area contributed by atoms with Crippen LogP contribution in [0.5, 0.6) is 5.75 Å². The lowest BCUT2D eigenvalue weighted by atomic mass is 10.1. The molecule has 1 N–H and O–H groups in total. The Morgan fingerprint density at radius 2 is 1.55 bits per heavy atom. The number of alkyl halides is 3. The maximum absolute atomic E-state index is 12.4. The molecule has 2 aromatic carbocycles. The van der Waals surface area contributed by atoms with Crippen LogP contribution in [0.1, 0.15) is 11.1 Å². The Morgan fingerprint density at radius 1 is 0.950 bits per heavy atom. The van der Waals surface area contributed by atoms with Crippen molar-refractivity contribution in [2.75, 3.05) is 12.4 Å². The van der Waals surface area contributed by atoms with Crippen molar-refractivity contribution in [3.63, 3.8) is 0 Å². The molecule has 2 nitrogen and oxygen atoms in total. The van der Waals surface area contributed by atoms with Crippen LogP contribution in [0.3, 0.4) is 0 Å². The van der Waals surface area contributed by atoms with Crippen molar-refractivity contribution >= 4 is 5.69 Å². The molecule has 0 bridgehead atoms. The number of halogens is 3. The van der Waals surface area contributed by atoms with E-state index >= 15 is 0 Å². The fourth-order valence-corrected chi connectivity index (χ4v) is 1.72. The summed E-state index contributed by atoms with van der Waals surface area (Å²) in [6.07, 6.45) is -4.29. The maximum atomic E-state index is 12.4. The van der Waals surface area contributed by atoms with Crippen LogP contribution in [0.4, 0.5) is 18.9 Å². The van der Waals surface area contributed by atoms with Crippen LogP contribution in [-0.4, -0.2) is 7.11 Å². The normalized spacial score (nSPS) is 11.2. The van der Waals surface area contributed by atoms with Crippen molar-refractivity contribution in [3.05, 3.63) is 59.7 Å². The van der Waals surface area contributed by atoms with Gasteiger partial charge in [-0.05, 0) is 42.0 Å². The second-order valence-electron chi connectivity index (χ2n) is 4.28. The van der Waals surface area contributed by atoms with E-state index in [9.17, 15) is 13.2 Å². The van der Waals surface area contributed by atoms with Gasteiger partial charge in [0.15, 0.2) is 0 Å². The molecule has 0 saturated carbocycles. The summed E-state index contributed by atoms with van der Waals surface area (Å²) in [5, 5.41) is 3.13. The highest BCUT2D eigenvalue weighted by atomic mass is 19.4. The zero-order valence-electron chi connectivity index (χ0n) is 10.9. The van der Waals surface area contributed by atoms with E-state index in [-0.39, 0.29) is 0 Å². The quantitative estimate of drug-likeness (QED) is 0.900. The summed E-state index contributed by atoms with van der Waals surface area (Å²) in [4.78, 5) is 0. The molecule has 0 unspecified atom stereocenters. The Morgan fingerprint density at radius 3 is 2.05 bits per heavy atom. The summed E-state index contributed by atoms with van der Waals surface area (Å²) in [7, 11) is 1.59. The first-order valence-corrected chi connectivity index (χ1v) is 6.03. The third-order valence-electron chi connectivity index (χ3n) is 2.87. The molecule has 0 amide bonds. The van der Waals surface area contributed by atoms with E-state index in [2.05, 4.69) is 5.32 Å². The van der Waals surface area contributed by atoms with E-state index < -0.39 is 11.7 Å². The SMILES string of the molecule is COc1ccc(NCc2ccc(C(F)(F)F)cc2)cc1. The highest BCUT2D eigenvalue weighted by Crippen LogP contribution is 2.29. The molecule has 0 spiro atoms. The summed E-state index contributed by atoms with van der Waals surface area (Å²) in [6, 6.07) is 12.4. The molecule has 0 radical (unpaired) electrons. The van der Waals surface area contributed by atoms with Gasteiger partial charge in [0, 0.05) is 12.2 Å². The van der Waals surface area contributed by atoms with E-state index in [4.69, 9.17) is 4.74 Å². The first-order chi connectivity index (χ1) is 9.49. The van der Waals surface area contributed by atoms with Gasteiger partial charge in [0.25, 0.3) is 0 Å². The van der Waals surface area contributed by atoms with Crippen molar-refractivity contribution < 1.29 is 17.9 Å². The highest BCUT2D eigenvalue weighted by molar-refractivity contribution is 5.46. The highest BCUT2D eigenvalue weighted by Gasteiger charge is 2.29. The molecule has 0 aromatic heterocycles. The third kappa shape index (κ3) is 3.66. The molecule has 20 heavy (non-hydrogen) atoms. The second-order valence-corrected chi connectivity index (χ2v) is 4.28. The van der Waals surface area contributed by atoms with Crippen LogP contribution in [0.2, 0.25) is 0 Å². The number of nitrogens with one attached hydrogen (secondary N) is 1. The molecule has 0 aliphatic heterocycles. The molecule has 0 aliphatic rings. The maximum Gasteiger partial charge on any atom is 0.416 e. The number of hydrogen-bond donors (Lipinski definition) is 1. The Hall–Kier alpha value is -2.17. The van der Waals surface area contributed by atoms with Gasteiger partial charge >= 0.3 is 6.18 Å². The van der Waals surface area contributed by atoms with E-state index in [1.54, 1.807) is 7.11 Å². The van der Waals surface area contributed by atoms with Crippen molar-refractivity contribution in [1.82, 2.24) is 0 Å². The van der Waals surface area contributed by atoms with Gasteiger partial charge in [-0.2, -0.15) is 13.2 Å². The first kappa shape index (κ1) is 14.2. The standard InChI is InChI=1S/C15H14F3NO/c1-20-14-8-6-13(7-9-14)19-10-11-2-4-12(5-3-11)15(16,17)18/h2-9,19H,10H2,1H3. The van der Waals surface area contributed by atoms with Crippen molar-refractivity contribution in [1.29, 1.82) is 0 Å². The van der Waals surface area contributed by atoms with Crippen LogP contribution in [0.25, 0.3) is 0 Å². The average molecular weight is 281 g/mol. The minimum absolute atomic E-state index is 0.463. The molecule has 5 heteroatoms. The van der Waals surface area contributed by atoms with Gasteiger partial charge < -0.3 is 10.1 Å². The molecular weight excluding hydrogens is 267 g/mol. The monoisotopic (exact) mass is 281 g/mol. The van der Waals surface area contributed by atoms with Crippen LogP contribution in [0, 0.1) is 0 Å². The Kier molecular flexibility index (Phi) is 4.17. The van der Waals surface area contributed by atoms with Crippen molar-refractivity contribution in [2.24, 2.45) is 0 Å². The van der Waals surface area contributed by atoms with Gasteiger partial charge in [-0.15, -0.1) is 0 Å². The lowest BCUT2D eigenvalue weighted by molar-refractivity contribution is -0.137. The Bertz CT molecular complexity index is 547. The molecular formula is C15H14F3NO. The van der Waals surface area contributed by atoms with Crippen LogP contribution >= 0.6 is 0 Å². The van der Waals surface area contributed by atoms with Crippen LogP contribution < -0.4 is 10.1 Å². The Balaban J connectivity index is 1.96. The zero-order valence-corrected chi connectivity index (χ0v) is 10.9. The van der Waals surface area contributed by atoms with Gasteiger partial charge in [-0.25, -0.2) is 0 Å². The number of hydrogen-bond acceptors (Lipinski definition) is 2. The van der Waals surface area contributed by atoms with Gasteiger partial charge in [0.1, 0.15) is 5.75 Å². The van der Waals surface area contributed by atoms with Crippen molar-refractivity contribution in [2.45, 2.75) is 12.7 Å². The second kappa shape index (κ2) is 5.86. The van der Waals surface area contributed by atoms with E-state index in [1.807, 2.05) is 24.3 Å². The summed E-state index contributed by atoms with van der Waals surface area (Å²) in [5.74, 6) is 0.755. The predicted octanol–water partition coefficient (Wildman–Crippen LogP) is 4.33. The smallest absolute Gasteiger partial charge is 0.416 e. The largest absolute Gasteiger partial charge is 0.497 e. The number of ether oxygens (including phenoxy) is 1. The lowest BCUT2D eigenvalue weighted by Gasteiger charge is -2.09. The number of anilines is 1.